The summed E-state index contributed by atoms with van der Waals surface area (Å²) in [5.41, 5.74) is -0.138. The Morgan fingerprint density at radius 3 is 2.69 bits per heavy atom. The lowest BCUT2D eigenvalue weighted by Gasteiger charge is -2.05. The molecular formula is C8H5BrF2N2. The van der Waals surface area contributed by atoms with Gasteiger partial charge in [0.2, 0.25) is 0 Å². The molecule has 0 saturated heterocycles. The highest BCUT2D eigenvalue weighted by Crippen LogP contribution is 2.26. The van der Waals surface area contributed by atoms with Gasteiger partial charge in [0.05, 0.1) is 5.56 Å². The number of aromatic nitrogens is 1. The summed E-state index contributed by atoms with van der Waals surface area (Å²) >= 11 is 3.03. The van der Waals surface area contributed by atoms with Crippen LogP contribution in [-0.2, 0) is 0 Å². The highest BCUT2D eigenvalue weighted by Gasteiger charge is 2.17. The number of aryl methyl sites for hydroxylation is 1. The largest absolute Gasteiger partial charge is 0.266 e. The predicted molar refractivity (Wildman–Crippen MR) is 46.3 cm³/mol. The Kier molecular flexibility index (Phi) is 2.94. The average molecular weight is 247 g/mol. The summed E-state index contributed by atoms with van der Waals surface area (Å²) in [6.45, 7) is 1.52. The molecule has 0 spiro atoms. The van der Waals surface area contributed by atoms with Crippen LogP contribution >= 0.6 is 15.9 Å². The Labute approximate surface area is 82.3 Å². The maximum Gasteiger partial charge on any atom is 0.266 e. The maximum absolute atomic E-state index is 12.4. The van der Waals surface area contributed by atoms with Crippen LogP contribution in [0.5, 0.6) is 0 Å². The number of nitriles is 1. The van der Waals surface area contributed by atoms with E-state index in [2.05, 4.69) is 20.9 Å². The van der Waals surface area contributed by atoms with Gasteiger partial charge in [-0.1, -0.05) is 0 Å². The second kappa shape index (κ2) is 3.79. The zero-order valence-corrected chi connectivity index (χ0v) is 8.27. The minimum absolute atomic E-state index is 0.220. The third-order valence-electron chi connectivity index (χ3n) is 1.56. The van der Waals surface area contributed by atoms with Gasteiger partial charge in [-0.3, -0.25) is 0 Å². The van der Waals surface area contributed by atoms with Crippen LogP contribution in [0, 0.1) is 18.3 Å². The molecule has 1 aromatic rings. The van der Waals surface area contributed by atoms with Gasteiger partial charge in [0.15, 0.2) is 5.69 Å². The van der Waals surface area contributed by atoms with Crippen LogP contribution < -0.4 is 0 Å². The maximum atomic E-state index is 12.4. The van der Waals surface area contributed by atoms with Gasteiger partial charge in [0.1, 0.15) is 10.7 Å². The molecule has 0 fully saturated rings. The molecular weight excluding hydrogens is 242 g/mol. The highest BCUT2D eigenvalue weighted by atomic mass is 79.9. The van der Waals surface area contributed by atoms with E-state index in [1.165, 1.54) is 13.0 Å². The second-order valence-electron chi connectivity index (χ2n) is 2.44. The summed E-state index contributed by atoms with van der Waals surface area (Å²) in [5.74, 6) is 0. The van der Waals surface area contributed by atoms with Gasteiger partial charge >= 0.3 is 0 Å². The summed E-state index contributed by atoms with van der Waals surface area (Å²) in [4.78, 5) is 3.65. The molecule has 2 nitrogen and oxygen atoms in total. The molecule has 0 atom stereocenters. The lowest BCUT2D eigenvalue weighted by molar-refractivity contribution is 0.149. The zero-order valence-electron chi connectivity index (χ0n) is 6.68. The van der Waals surface area contributed by atoms with Crippen LogP contribution in [0.15, 0.2) is 10.7 Å². The number of alkyl halides is 2. The van der Waals surface area contributed by atoms with Gasteiger partial charge in [0.25, 0.3) is 6.43 Å². The van der Waals surface area contributed by atoms with Gasteiger partial charge in [-0.15, -0.1) is 0 Å². The van der Waals surface area contributed by atoms with E-state index in [1.54, 1.807) is 6.07 Å². The molecule has 0 aromatic carbocycles. The highest BCUT2D eigenvalue weighted by molar-refractivity contribution is 9.10. The van der Waals surface area contributed by atoms with Gasteiger partial charge in [-0.05, 0) is 34.5 Å². The predicted octanol–water partition coefficient (Wildman–Crippen LogP) is 2.96. The fourth-order valence-corrected chi connectivity index (χ4v) is 1.52. The summed E-state index contributed by atoms with van der Waals surface area (Å²) in [7, 11) is 0. The summed E-state index contributed by atoms with van der Waals surface area (Å²) in [5, 5.41) is 8.55. The Hall–Kier alpha value is -1.02. The van der Waals surface area contributed by atoms with Gasteiger partial charge in [-0.2, -0.15) is 5.26 Å². The molecule has 0 aliphatic rings. The molecule has 1 aromatic heterocycles. The van der Waals surface area contributed by atoms with Crippen LogP contribution in [-0.4, -0.2) is 4.98 Å². The van der Waals surface area contributed by atoms with E-state index in [-0.39, 0.29) is 11.3 Å². The summed E-state index contributed by atoms with van der Waals surface area (Å²) in [6, 6.07) is 3.10. The molecule has 0 amide bonds. The van der Waals surface area contributed by atoms with Crippen LogP contribution in [0.4, 0.5) is 8.78 Å². The Balaban J connectivity index is 3.41. The van der Waals surface area contributed by atoms with E-state index in [4.69, 9.17) is 5.26 Å². The molecule has 1 heterocycles. The quantitative estimate of drug-likeness (QED) is 0.715. The fraction of sp³-hybridized carbons (Fsp3) is 0.250. The summed E-state index contributed by atoms with van der Waals surface area (Å²) in [6.07, 6.45) is -2.66. The normalized spacial score (nSPS) is 10.2. The van der Waals surface area contributed by atoms with Crippen molar-refractivity contribution in [3.8, 4) is 6.07 Å². The van der Waals surface area contributed by atoms with Crippen LogP contribution in [0.25, 0.3) is 0 Å². The third-order valence-corrected chi connectivity index (χ3v) is 1.96. The van der Waals surface area contributed by atoms with Crippen molar-refractivity contribution in [1.82, 2.24) is 4.98 Å². The SMILES string of the molecule is Cc1cc(Br)nc(C#N)c1C(F)F. The van der Waals surface area contributed by atoms with Gasteiger partial charge in [-0.25, -0.2) is 13.8 Å². The number of nitrogens with zero attached hydrogens (tertiary/aromatic N) is 2. The molecule has 0 aliphatic carbocycles. The van der Waals surface area contributed by atoms with Gasteiger partial charge < -0.3 is 0 Å². The van der Waals surface area contributed by atoms with Gasteiger partial charge in [0, 0.05) is 0 Å². The smallest absolute Gasteiger partial charge is 0.230 e. The van der Waals surface area contributed by atoms with E-state index in [0.29, 0.717) is 10.2 Å². The third kappa shape index (κ3) is 2.01. The molecule has 1 rings (SSSR count). The Morgan fingerprint density at radius 1 is 1.62 bits per heavy atom. The number of rotatable bonds is 1. The van der Waals surface area contributed by atoms with Crippen molar-refractivity contribution >= 4 is 15.9 Å². The van der Waals surface area contributed by atoms with Crippen LogP contribution in [0.3, 0.4) is 0 Å². The number of pyridine rings is 1. The first kappa shape index (κ1) is 10.1. The van der Waals surface area contributed by atoms with Crippen LogP contribution in [0.2, 0.25) is 0 Å². The van der Waals surface area contributed by atoms with E-state index in [0.717, 1.165) is 0 Å². The van der Waals surface area contributed by atoms with E-state index < -0.39 is 6.43 Å². The monoisotopic (exact) mass is 246 g/mol. The minimum atomic E-state index is -2.66. The lowest BCUT2D eigenvalue weighted by atomic mass is 10.1. The van der Waals surface area contributed by atoms with E-state index >= 15 is 0 Å². The topological polar surface area (TPSA) is 36.7 Å². The molecule has 5 heteroatoms. The summed E-state index contributed by atoms with van der Waals surface area (Å²) < 4.78 is 25.2. The van der Waals surface area contributed by atoms with Crippen molar-refractivity contribution in [2.24, 2.45) is 0 Å². The number of hydrogen-bond acceptors (Lipinski definition) is 2. The van der Waals surface area contributed by atoms with Crippen molar-refractivity contribution in [1.29, 1.82) is 5.26 Å². The molecule has 13 heavy (non-hydrogen) atoms. The molecule has 68 valence electrons. The fourth-order valence-electron chi connectivity index (χ4n) is 1.00. The van der Waals surface area contributed by atoms with Crippen molar-refractivity contribution in [3.63, 3.8) is 0 Å². The average Bonchev–Trinajstić information content (AvgIpc) is 2.01. The number of hydrogen-bond donors (Lipinski definition) is 0. The van der Waals surface area contributed by atoms with Crippen molar-refractivity contribution in [2.75, 3.05) is 0 Å². The molecule has 0 bridgehead atoms. The van der Waals surface area contributed by atoms with Crippen molar-refractivity contribution < 1.29 is 8.78 Å². The lowest BCUT2D eigenvalue weighted by Crippen LogP contribution is -1.98. The standard InChI is InChI=1S/C8H5BrF2N2/c1-4-2-6(9)13-5(3-12)7(4)8(10)11/h2,8H,1H3. The second-order valence-corrected chi connectivity index (χ2v) is 3.25. The minimum Gasteiger partial charge on any atom is -0.230 e. The van der Waals surface area contributed by atoms with Crippen molar-refractivity contribution in [2.45, 2.75) is 13.3 Å². The Morgan fingerprint density at radius 2 is 2.23 bits per heavy atom. The van der Waals surface area contributed by atoms with E-state index in [1.807, 2.05) is 0 Å². The molecule has 0 aliphatic heterocycles. The van der Waals surface area contributed by atoms with Crippen molar-refractivity contribution in [3.05, 3.63) is 27.5 Å². The first-order valence-corrected chi connectivity index (χ1v) is 4.21. The molecule has 0 saturated carbocycles. The zero-order chi connectivity index (χ0) is 10.0. The first-order valence-electron chi connectivity index (χ1n) is 3.41. The van der Waals surface area contributed by atoms with E-state index in [9.17, 15) is 8.78 Å². The Bertz CT molecular complexity index is 371. The van der Waals surface area contributed by atoms with Crippen LogP contribution in [0.1, 0.15) is 23.2 Å². The molecule has 0 unspecified atom stereocenters. The molecule has 0 radical (unpaired) electrons. The number of halogens is 3. The molecule has 0 N–H and O–H groups in total. The first-order chi connectivity index (χ1) is 6.06.